The van der Waals surface area contributed by atoms with Crippen LogP contribution in [0.2, 0.25) is 0 Å². The maximum atomic E-state index is 9.79. The Kier molecular flexibility index (Phi) is 2.38. The number of carbonyl (C=O) groups excluding carboxylic acids is 1. The third-order valence-electron chi connectivity index (χ3n) is 0.841. The van der Waals surface area contributed by atoms with Gasteiger partial charge in [0.2, 0.25) is 11.4 Å². The first-order valence-electron chi connectivity index (χ1n) is 2.54. The summed E-state index contributed by atoms with van der Waals surface area (Å²) in [4.78, 5) is 9.79. The van der Waals surface area contributed by atoms with Crippen molar-refractivity contribution in [1.29, 1.82) is 0 Å². The first-order chi connectivity index (χ1) is 4.84. The molecule has 5 nitrogen and oxygen atoms in total. The van der Waals surface area contributed by atoms with Crippen molar-refractivity contribution in [2.75, 3.05) is 5.75 Å². The van der Waals surface area contributed by atoms with E-state index in [1.165, 1.54) is 16.4 Å². The second-order valence-corrected chi connectivity index (χ2v) is 2.46. The van der Waals surface area contributed by atoms with Crippen molar-refractivity contribution in [3.8, 4) is 0 Å². The molecular formula is C4H5N4OS. The molecule has 1 rings (SSSR count). The molecule has 1 radical (unpaired) electrons. The minimum atomic E-state index is 0.272. The van der Waals surface area contributed by atoms with Gasteiger partial charge in [-0.3, -0.25) is 4.79 Å². The van der Waals surface area contributed by atoms with Crippen LogP contribution in [0.4, 0.5) is 0 Å². The normalized spacial score (nSPS) is 9.70. The molecule has 0 aromatic carbocycles. The first-order valence-corrected chi connectivity index (χ1v) is 3.53. The Balaban J connectivity index is 2.56. The van der Waals surface area contributed by atoms with Crippen molar-refractivity contribution < 1.29 is 4.79 Å². The minimum Gasteiger partial charge on any atom is -0.290 e. The quantitative estimate of drug-likeness (QED) is 0.549. The zero-order valence-corrected chi connectivity index (χ0v) is 6.13. The predicted molar refractivity (Wildman–Crippen MR) is 35.2 cm³/mol. The second-order valence-electron chi connectivity index (χ2n) is 1.52. The molecule has 0 amide bonds. The summed E-state index contributed by atoms with van der Waals surface area (Å²) in [5.74, 6) is 0.272. The van der Waals surface area contributed by atoms with E-state index in [-0.39, 0.29) is 5.75 Å². The molecule has 0 saturated carbocycles. The number of aryl methyl sites for hydroxylation is 1. The number of nitrogens with zero attached hydrogens (tertiary/aromatic N) is 4. The Hall–Kier alpha value is -0.910. The lowest BCUT2D eigenvalue weighted by molar-refractivity contribution is 0.560. The second kappa shape index (κ2) is 3.31. The summed E-state index contributed by atoms with van der Waals surface area (Å²) in [6.45, 7) is 0. The van der Waals surface area contributed by atoms with E-state index >= 15 is 0 Å². The largest absolute Gasteiger partial charge is 0.290 e. The zero-order chi connectivity index (χ0) is 7.40. The van der Waals surface area contributed by atoms with E-state index in [1.807, 2.05) is 0 Å². The number of rotatable bonds is 3. The van der Waals surface area contributed by atoms with Crippen molar-refractivity contribution in [3.05, 3.63) is 0 Å². The maximum absolute atomic E-state index is 9.79. The summed E-state index contributed by atoms with van der Waals surface area (Å²) in [6, 6.07) is 0. The predicted octanol–water partition coefficient (Wildman–Crippen LogP) is -0.588. The van der Waals surface area contributed by atoms with Crippen LogP contribution in [0.1, 0.15) is 0 Å². The van der Waals surface area contributed by atoms with Gasteiger partial charge in [-0.2, -0.15) is 0 Å². The summed E-state index contributed by atoms with van der Waals surface area (Å²) in [6.07, 6.45) is 1.74. The minimum absolute atomic E-state index is 0.272. The van der Waals surface area contributed by atoms with E-state index in [0.717, 1.165) is 0 Å². The molecular weight excluding hydrogens is 152 g/mol. The van der Waals surface area contributed by atoms with Gasteiger partial charge in [-0.05, 0) is 10.4 Å². The Morgan fingerprint density at radius 2 is 2.60 bits per heavy atom. The Morgan fingerprint density at radius 1 is 1.80 bits per heavy atom. The third kappa shape index (κ3) is 1.53. The first kappa shape index (κ1) is 7.20. The molecule has 0 aliphatic rings. The molecule has 0 bridgehead atoms. The van der Waals surface area contributed by atoms with Gasteiger partial charge in [-0.15, -0.1) is 5.10 Å². The average molecular weight is 157 g/mol. The van der Waals surface area contributed by atoms with Gasteiger partial charge in [-0.1, -0.05) is 11.8 Å². The summed E-state index contributed by atoms with van der Waals surface area (Å²) in [5, 5.41) is 11.2. The highest BCUT2D eigenvalue weighted by Gasteiger charge is 2.00. The molecule has 6 heteroatoms. The smallest absolute Gasteiger partial charge is 0.209 e. The summed E-state index contributed by atoms with van der Waals surface area (Å²) in [5.41, 5.74) is 0. The van der Waals surface area contributed by atoms with Gasteiger partial charge in [0, 0.05) is 7.05 Å². The molecule has 1 aromatic heterocycles. The van der Waals surface area contributed by atoms with Gasteiger partial charge in [0.05, 0.1) is 5.75 Å². The summed E-state index contributed by atoms with van der Waals surface area (Å²) < 4.78 is 1.50. The number of tetrazole rings is 1. The molecule has 0 fully saturated rings. The molecule has 53 valence electrons. The van der Waals surface area contributed by atoms with Crippen molar-refractivity contribution in [1.82, 2.24) is 20.2 Å². The van der Waals surface area contributed by atoms with Crippen molar-refractivity contribution in [2.45, 2.75) is 5.16 Å². The summed E-state index contributed by atoms with van der Waals surface area (Å²) in [7, 11) is 1.72. The highest BCUT2D eigenvalue weighted by molar-refractivity contribution is 7.99. The van der Waals surface area contributed by atoms with E-state index in [2.05, 4.69) is 15.5 Å². The van der Waals surface area contributed by atoms with E-state index in [1.54, 1.807) is 13.3 Å². The maximum Gasteiger partial charge on any atom is 0.209 e. The third-order valence-corrected chi connectivity index (χ3v) is 1.71. The SMILES string of the molecule is Cn1nnnc1SC[C]=O. The number of thioether (sulfide) groups is 1. The molecule has 0 spiro atoms. The van der Waals surface area contributed by atoms with Crippen molar-refractivity contribution in [2.24, 2.45) is 7.05 Å². The van der Waals surface area contributed by atoms with Crippen LogP contribution >= 0.6 is 11.8 Å². The fraction of sp³-hybridized carbons (Fsp3) is 0.500. The van der Waals surface area contributed by atoms with Crippen LogP contribution in [0.3, 0.4) is 0 Å². The van der Waals surface area contributed by atoms with Crippen LogP contribution in [0, 0.1) is 0 Å². The highest BCUT2D eigenvalue weighted by Crippen LogP contribution is 2.09. The topological polar surface area (TPSA) is 60.7 Å². The molecule has 0 saturated heterocycles. The van der Waals surface area contributed by atoms with Crippen LogP contribution < -0.4 is 0 Å². The van der Waals surface area contributed by atoms with Crippen molar-refractivity contribution >= 4 is 18.0 Å². The fourth-order valence-electron chi connectivity index (χ4n) is 0.438. The summed E-state index contributed by atoms with van der Waals surface area (Å²) >= 11 is 1.26. The van der Waals surface area contributed by atoms with Crippen LogP contribution in [-0.4, -0.2) is 32.2 Å². The molecule has 0 N–H and O–H groups in total. The number of hydrogen-bond acceptors (Lipinski definition) is 5. The Bertz CT molecular complexity index is 223. The lowest BCUT2D eigenvalue weighted by atomic mass is 10.9. The van der Waals surface area contributed by atoms with Gasteiger partial charge in [0.15, 0.2) is 0 Å². The van der Waals surface area contributed by atoms with Gasteiger partial charge in [0.1, 0.15) is 0 Å². The fourth-order valence-corrected chi connectivity index (χ4v) is 0.943. The molecule has 10 heavy (non-hydrogen) atoms. The molecule has 0 atom stereocenters. The van der Waals surface area contributed by atoms with E-state index in [0.29, 0.717) is 5.16 Å². The van der Waals surface area contributed by atoms with Crippen LogP contribution in [-0.2, 0) is 11.8 Å². The van der Waals surface area contributed by atoms with E-state index in [4.69, 9.17) is 0 Å². The van der Waals surface area contributed by atoms with Crippen LogP contribution in [0.15, 0.2) is 5.16 Å². The standard InChI is InChI=1S/C4H5N4OS/c1-8-4(5-6-7-8)10-3-2-9/h3H2,1H3. The van der Waals surface area contributed by atoms with Crippen molar-refractivity contribution in [3.63, 3.8) is 0 Å². The molecule has 0 aliphatic carbocycles. The van der Waals surface area contributed by atoms with E-state index < -0.39 is 0 Å². The van der Waals surface area contributed by atoms with Gasteiger partial charge in [-0.25, -0.2) is 4.68 Å². The van der Waals surface area contributed by atoms with Gasteiger partial charge < -0.3 is 0 Å². The van der Waals surface area contributed by atoms with Crippen LogP contribution in [0.25, 0.3) is 0 Å². The molecule has 0 aliphatic heterocycles. The van der Waals surface area contributed by atoms with Gasteiger partial charge >= 0.3 is 0 Å². The van der Waals surface area contributed by atoms with Crippen LogP contribution in [0.5, 0.6) is 0 Å². The Labute approximate surface area is 61.8 Å². The van der Waals surface area contributed by atoms with E-state index in [9.17, 15) is 4.79 Å². The molecule has 0 unspecified atom stereocenters. The number of hydrogen-bond donors (Lipinski definition) is 0. The zero-order valence-electron chi connectivity index (χ0n) is 5.31. The molecule has 1 heterocycles. The van der Waals surface area contributed by atoms with Gasteiger partial charge in [0.25, 0.3) is 0 Å². The molecule has 1 aromatic rings. The Morgan fingerprint density at radius 3 is 3.10 bits per heavy atom. The average Bonchev–Trinajstić information content (AvgIpc) is 2.31. The lowest BCUT2D eigenvalue weighted by Gasteiger charge is -1.90. The lowest BCUT2D eigenvalue weighted by Crippen LogP contribution is -1.93. The number of aromatic nitrogens is 4. The highest BCUT2D eigenvalue weighted by atomic mass is 32.2. The monoisotopic (exact) mass is 157 g/mol.